The number of anilines is 1. The van der Waals surface area contributed by atoms with Crippen LogP contribution in [0.3, 0.4) is 0 Å². The fraction of sp³-hybridized carbons (Fsp3) is 0.650. The van der Waals surface area contributed by atoms with E-state index >= 15 is 0 Å². The summed E-state index contributed by atoms with van der Waals surface area (Å²) in [6.07, 6.45) is 10.1. The van der Waals surface area contributed by atoms with E-state index in [1.807, 2.05) is 12.1 Å². The Morgan fingerprint density at radius 2 is 1.84 bits per heavy atom. The van der Waals surface area contributed by atoms with E-state index in [4.69, 9.17) is 16.3 Å². The average Bonchev–Trinajstić information content (AvgIpc) is 2.62. The lowest BCUT2D eigenvalue weighted by atomic mass is 9.97. The molecule has 3 rings (SSSR count). The number of rotatable bonds is 6. The summed E-state index contributed by atoms with van der Waals surface area (Å²) in [4.78, 5) is 14.5. The van der Waals surface area contributed by atoms with Gasteiger partial charge in [-0.05, 0) is 43.9 Å². The van der Waals surface area contributed by atoms with Crippen LogP contribution in [0.15, 0.2) is 24.3 Å². The summed E-state index contributed by atoms with van der Waals surface area (Å²) in [6, 6.07) is 7.28. The van der Waals surface area contributed by atoms with Gasteiger partial charge in [-0.3, -0.25) is 4.79 Å². The van der Waals surface area contributed by atoms with Crippen LogP contribution in [0.5, 0.6) is 0 Å². The van der Waals surface area contributed by atoms with E-state index in [-0.39, 0.29) is 5.91 Å². The Morgan fingerprint density at radius 3 is 2.56 bits per heavy atom. The third-order valence-corrected chi connectivity index (χ3v) is 5.47. The van der Waals surface area contributed by atoms with Gasteiger partial charge in [-0.25, -0.2) is 0 Å². The van der Waals surface area contributed by atoms with Crippen LogP contribution in [0, 0.1) is 0 Å². The Morgan fingerprint density at radius 1 is 1.12 bits per heavy atom. The van der Waals surface area contributed by atoms with Crippen molar-refractivity contribution in [3.8, 4) is 0 Å². The van der Waals surface area contributed by atoms with Gasteiger partial charge >= 0.3 is 0 Å². The zero-order chi connectivity index (χ0) is 17.5. The van der Waals surface area contributed by atoms with E-state index < -0.39 is 0 Å². The van der Waals surface area contributed by atoms with Crippen LogP contribution in [0.25, 0.3) is 0 Å². The normalized spacial score (nSPS) is 20.5. The molecule has 1 N–H and O–H groups in total. The summed E-state index contributed by atoms with van der Waals surface area (Å²) in [5, 5.41) is 3.55. The SMILES string of the molecule is O=C(CCN1CCC(OC2CCCCC2)CC1)Nc1cccc(Cl)c1. The maximum absolute atomic E-state index is 12.1. The Bertz CT molecular complexity index is 552. The van der Waals surface area contributed by atoms with Gasteiger partial charge in [0.2, 0.25) is 5.91 Å². The minimum absolute atomic E-state index is 0.0443. The van der Waals surface area contributed by atoms with Gasteiger partial charge in [-0.2, -0.15) is 0 Å². The number of halogens is 1. The number of likely N-dealkylation sites (tertiary alicyclic amines) is 1. The molecule has 1 aliphatic carbocycles. The number of nitrogens with one attached hydrogen (secondary N) is 1. The molecule has 0 atom stereocenters. The summed E-state index contributed by atoms with van der Waals surface area (Å²) >= 11 is 5.94. The van der Waals surface area contributed by atoms with Gasteiger partial charge < -0.3 is 15.0 Å². The number of carbonyl (C=O) groups excluding carboxylic acids is 1. The molecule has 25 heavy (non-hydrogen) atoms. The van der Waals surface area contributed by atoms with Crippen LogP contribution in [0.4, 0.5) is 5.69 Å². The van der Waals surface area contributed by atoms with Gasteiger partial charge in [0, 0.05) is 36.8 Å². The Kier molecular flexibility index (Phi) is 7.14. The molecule has 0 unspecified atom stereocenters. The van der Waals surface area contributed by atoms with E-state index in [1.165, 1.54) is 32.1 Å². The van der Waals surface area contributed by atoms with E-state index in [0.29, 0.717) is 23.7 Å². The molecule has 1 aromatic rings. The maximum atomic E-state index is 12.1. The van der Waals surface area contributed by atoms with Crippen LogP contribution in [0.1, 0.15) is 51.4 Å². The standard InChI is InChI=1S/C20H29ClN2O2/c21-16-5-4-6-17(15-16)22-20(24)11-14-23-12-9-19(10-13-23)25-18-7-2-1-3-8-18/h4-6,15,18-19H,1-3,7-14H2,(H,22,24). The summed E-state index contributed by atoms with van der Waals surface area (Å²) in [6.45, 7) is 2.87. The first-order valence-corrected chi connectivity index (χ1v) is 10.00. The Labute approximate surface area is 155 Å². The molecule has 138 valence electrons. The molecule has 1 saturated heterocycles. The van der Waals surface area contributed by atoms with Gasteiger partial charge in [0.25, 0.3) is 0 Å². The average molecular weight is 365 g/mol. The largest absolute Gasteiger partial charge is 0.375 e. The third kappa shape index (κ3) is 6.28. The number of ether oxygens (including phenoxy) is 1. The number of hydrogen-bond acceptors (Lipinski definition) is 3. The smallest absolute Gasteiger partial charge is 0.225 e. The monoisotopic (exact) mass is 364 g/mol. The molecular formula is C20H29ClN2O2. The quantitative estimate of drug-likeness (QED) is 0.809. The third-order valence-electron chi connectivity index (χ3n) is 5.24. The molecular weight excluding hydrogens is 336 g/mol. The second-order valence-electron chi connectivity index (χ2n) is 7.25. The minimum atomic E-state index is 0.0443. The molecule has 0 radical (unpaired) electrons. The first-order valence-electron chi connectivity index (χ1n) is 9.62. The van der Waals surface area contributed by atoms with Crippen LogP contribution >= 0.6 is 11.6 Å². The van der Waals surface area contributed by atoms with Crippen molar-refractivity contribution in [1.29, 1.82) is 0 Å². The molecule has 1 heterocycles. The number of hydrogen-bond donors (Lipinski definition) is 1. The molecule has 1 saturated carbocycles. The second-order valence-corrected chi connectivity index (χ2v) is 7.68. The molecule has 1 amide bonds. The van der Waals surface area contributed by atoms with E-state index in [9.17, 15) is 4.79 Å². The van der Waals surface area contributed by atoms with Gasteiger partial charge in [0.15, 0.2) is 0 Å². The Hall–Kier alpha value is -1.10. The van der Waals surface area contributed by atoms with E-state index in [1.54, 1.807) is 12.1 Å². The highest BCUT2D eigenvalue weighted by atomic mass is 35.5. The highest BCUT2D eigenvalue weighted by Crippen LogP contribution is 2.24. The number of piperidine rings is 1. The maximum Gasteiger partial charge on any atom is 0.225 e. The molecule has 2 aliphatic rings. The fourth-order valence-corrected chi connectivity index (χ4v) is 3.98. The number of nitrogens with zero attached hydrogens (tertiary/aromatic N) is 1. The zero-order valence-corrected chi connectivity index (χ0v) is 15.6. The fourth-order valence-electron chi connectivity index (χ4n) is 3.79. The molecule has 1 aliphatic heterocycles. The van der Waals surface area contributed by atoms with Crippen molar-refractivity contribution in [2.45, 2.75) is 63.6 Å². The van der Waals surface area contributed by atoms with Crippen molar-refractivity contribution in [2.24, 2.45) is 0 Å². The molecule has 2 fully saturated rings. The highest BCUT2D eigenvalue weighted by molar-refractivity contribution is 6.30. The van der Waals surface area contributed by atoms with Crippen molar-refractivity contribution in [1.82, 2.24) is 4.90 Å². The van der Waals surface area contributed by atoms with Crippen molar-refractivity contribution >= 4 is 23.2 Å². The number of benzene rings is 1. The summed E-state index contributed by atoms with van der Waals surface area (Å²) < 4.78 is 6.28. The lowest BCUT2D eigenvalue weighted by Gasteiger charge is -2.34. The van der Waals surface area contributed by atoms with Crippen LogP contribution < -0.4 is 5.32 Å². The number of amides is 1. The molecule has 5 heteroatoms. The zero-order valence-electron chi connectivity index (χ0n) is 14.9. The molecule has 0 spiro atoms. The van der Waals surface area contributed by atoms with Crippen LogP contribution in [-0.4, -0.2) is 42.6 Å². The van der Waals surface area contributed by atoms with Gasteiger partial charge in [0.05, 0.1) is 12.2 Å². The predicted octanol–water partition coefficient (Wildman–Crippen LogP) is 4.48. The highest BCUT2D eigenvalue weighted by Gasteiger charge is 2.24. The molecule has 0 aromatic heterocycles. The molecule has 1 aromatic carbocycles. The summed E-state index contributed by atoms with van der Waals surface area (Å²) in [7, 11) is 0. The van der Waals surface area contributed by atoms with Gasteiger partial charge in [0.1, 0.15) is 0 Å². The second kappa shape index (κ2) is 9.56. The van der Waals surface area contributed by atoms with Gasteiger partial charge in [-0.1, -0.05) is 36.9 Å². The van der Waals surface area contributed by atoms with E-state index in [0.717, 1.165) is 38.2 Å². The van der Waals surface area contributed by atoms with Crippen molar-refractivity contribution in [3.05, 3.63) is 29.3 Å². The molecule has 4 nitrogen and oxygen atoms in total. The van der Waals surface area contributed by atoms with Crippen molar-refractivity contribution < 1.29 is 9.53 Å². The van der Waals surface area contributed by atoms with Crippen LogP contribution in [0.2, 0.25) is 5.02 Å². The van der Waals surface area contributed by atoms with Crippen LogP contribution in [-0.2, 0) is 9.53 Å². The lowest BCUT2D eigenvalue weighted by Crippen LogP contribution is -2.40. The van der Waals surface area contributed by atoms with Crippen molar-refractivity contribution in [2.75, 3.05) is 25.0 Å². The minimum Gasteiger partial charge on any atom is -0.375 e. The summed E-state index contributed by atoms with van der Waals surface area (Å²) in [5.74, 6) is 0.0443. The van der Waals surface area contributed by atoms with E-state index in [2.05, 4.69) is 10.2 Å². The number of carbonyl (C=O) groups is 1. The molecule has 0 bridgehead atoms. The van der Waals surface area contributed by atoms with Gasteiger partial charge in [-0.15, -0.1) is 0 Å². The van der Waals surface area contributed by atoms with Crippen molar-refractivity contribution in [3.63, 3.8) is 0 Å². The Balaban J connectivity index is 1.32. The first-order chi connectivity index (χ1) is 12.2. The summed E-state index contributed by atoms with van der Waals surface area (Å²) in [5.41, 5.74) is 0.761. The predicted molar refractivity (Wildman–Crippen MR) is 102 cm³/mol. The topological polar surface area (TPSA) is 41.6 Å². The lowest BCUT2D eigenvalue weighted by molar-refractivity contribution is -0.116. The first kappa shape index (κ1) is 18.7.